The lowest BCUT2D eigenvalue weighted by Gasteiger charge is -2.51. The van der Waals surface area contributed by atoms with Gasteiger partial charge in [-0.1, -0.05) is 6.58 Å². The van der Waals surface area contributed by atoms with Crippen molar-refractivity contribution in [3.8, 4) is 0 Å². The fourth-order valence-corrected chi connectivity index (χ4v) is 2.53. The molecule has 1 aliphatic carbocycles. The normalized spacial score (nSPS) is 29.2. The van der Waals surface area contributed by atoms with Crippen molar-refractivity contribution in [2.45, 2.75) is 18.4 Å². The van der Waals surface area contributed by atoms with Gasteiger partial charge < -0.3 is 10.6 Å². The van der Waals surface area contributed by atoms with E-state index < -0.39 is 5.54 Å². The molecule has 2 bridgehead atoms. The number of nitrogens with one attached hydrogen (secondary N) is 2. The summed E-state index contributed by atoms with van der Waals surface area (Å²) in [7, 11) is 0. The molecule has 2 aliphatic heterocycles. The van der Waals surface area contributed by atoms with Crippen LogP contribution in [0.15, 0.2) is 36.8 Å². The van der Waals surface area contributed by atoms with Gasteiger partial charge in [0.2, 0.25) is 5.91 Å². The molecule has 5 nitrogen and oxygen atoms in total. The largest absolute Gasteiger partial charge is 0.338 e. The van der Waals surface area contributed by atoms with E-state index in [0.29, 0.717) is 18.4 Å². The van der Waals surface area contributed by atoms with E-state index in [9.17, 15) is 9.59 Å². The highest BCUT2D eigenvalue weighted by atomic mass is 16.2. The smallest absolute Gasteiger partial charge is 0.253 e. The van der Waals surface area contributed by atoms with Crippen molar-refractivity contribution in [3.63, 3.8) is 0 Å². The first-order valence-electron chi connectivity index (χ1n) is 5.83. The van der Waals surface area contributed by atoms with Gasteiger partial charge in [-0.25, -0.2) is 0 Å². The first-order valence-corrected chi connectivity index (χ1v) is 5.83. The fourth-order valence-electron chi connectivity index (χ4n) is 2.53. The molecule has 92 valence electrons. The van der Waals surface area contributed by atoms with Gasteiger partial charge in [0.1, 0.15) is 5.54 Å². The third-order valence-corrected chi connectivity index (χ3v) is 3.67. The predicted octanol–water partition coefficient (Wildman–Crippen LogP) is 0.604. The van der Waals surface area contributed by atoms with Crippen LogP contribution in [-0.4, -0.2) is 22.3 Å². The first-order chi connectivity index (χ1) is 8.61. The first kappa shape index (κ1) is 11.0. The minimum absolute atomic E-state index is 0.160. The fraction of sp³-hybridized carbons (Fsp3) is 0.308. The molecule has 0 unspecified atom stereocenters. The highest BCUT2D eigenvalue weighted by molar-refractivity contribution is 6.00. The van der Waals surface area contributed by atoms with Crippen molar-refractivity contribution in [1.29, 1.82) is 0 Å². The molecule has 5 heteroatoms. The number of carbonyl (C=O) groups is 2. The molecule has 2 saturated heterocycles. The lowest BCUT2D eigenvalue weighted by molar-refractivity contribution is -0.135. The maximum Gasteiger partial charge on any atom is 0.253 e. The Balaban J connectivity index is 1.77. The second-order valence-corrected chi connectivity index (χ2v) is 4.86. The summed E-state index contributed by atoms with van der Waals surface area (Å²) in [6, 6.07) is 3.37. The number of nitrogens with zero attached hydrogens (tertiary/aromatic N) is 1. The van der Waals surface area contributed by atoms with Crippen LogP contribution in [0.4, 0.5) is 0 Å². The molecule has 4 rings (SSSR count). The molecule has 1 saturated carbocycles. The molecule has 3 aliphatic rings. The topological polar surface area (TPSA) is 71.1 Å². The SMILES string of the molecule is C=C1NC(=O)C2(NC(=O)c3cccnc3)CC1C2. The zero-order valence-electron chi connectivity index (χ0n) is 9.77. The molecule has 1 aromatic rings. The van der Waals surface area contributed by atoms with Gasteiger partial charge in [0.15, 0.2) is 0 Å². The Bertz CT molecular complexity index is 532. The number of amides is 2. The molecule has 18 heavy (non-hydrogen) atoms. The number of fused-ring (bicyclic) bond motifs is 2. The number of allylic oxidation sites excluding steroid dienone is 1. The van der Waals surface area contributed by atoms with Crippen molar-refractivity contribution in [3.05, 3.63) is 42.4 Å². The van der Waals surface area contributed by atoms with Crippen LogP contribution in [0.1, 0.15) is 23.2 Å². The van der Waals surface area contributed by atoms with E-state index in [0.717, 1.165) is 5.70 Å². The third-order valence-electron chi connectivity index (χ3n) is 3.67. The minimum atomic E-state index is -0.751. The Labute approximate surface area is 104 Å². The number of pyridine rings is 1. The second kappa shape index (κ2) is 3.66. The molecular formula is C13H13N3O2. The van der Waals surface area contributed by atoms with Crippen LogP contribution in [-0.2, 0) is 4.79 Å². The third kappa shape index (κ3) is 1.51. The number of rotatable bonds is 2. The summed E-state index contributed by atoms with van der Waals surface area (Å²) in [6.07, 6.45) is 4.38. The lowest BCUT2D eigenvalue weighted by Crippen LogP contribution is -2.70. The summed E-state index contributed by atoms with van der Waals surface area (Å²) >= 11 is 0. The number of carbonyl (C=O) groups excluding carboxylic acids is 2. The van der Waals surface area contributed by atoms with E-state index in [2.05, 4.69) is 22.2 Å². The summed E-state index contributed by atoms with van der Waals surface area (Å²) in [5.41, 5.74) is 0.476. The Kier molecular flexibility index (Phi) is 2.23. The van der Waals surface area contributed by atoms with Crippen molar-refractivity contribution in [2.75, 3.05) is 0 Å². The van der Waals surface area contributed by atoms with Gasteiger partial charge in [0.05, 0.1) is 5.56 Å². The van der Waals surface area contributed by atoms with Gasteiger partial charge in [0.25, 0.3) is 5.91 Å². The van der Waals surface area contributed by atoms with Crippen molar-refractivity contribution < 1.29 is 9.59 Å². The standard InChI is InChI=1S/C13H13N3O2/c1-8-10-5-13(6-10,12(18)15-8)16-11(17)9-3-2-4-14-7-9/h2-4,7,10H,1,5-6H2,(H,15,18)(H,16,17). The number of aromatic nitrogens is 1. The van der Waals surface area contributed by atoms with Crippen LogP contribution < -0.4 is 10.6 Å². The molecule has 3 heterocycles. The monoisotopic (exact) mass is 243 g/mol. The lowest BCUT2D eigenvalue weighted by atomic mass is 9.63. The molecule has 2 N–H and O–H groups in total. The van der Waals surface area contributed by atoms with Crippen molar-refractivity contribution >= 4 is 11.8 Å². The maximum absolute atomic E-state index is 12.0. The van der Waals surface area contributed by atoms with Gasteiger partial charge in [-0.05, 0) is 25.0 Å². The Morgan fingerprint density at radius 2 is 2.33 bits per heavy atom. The van der Waals surface area contributed by atoms with E-state index in [4.69, 9.17) is 0 Å². The molecular weight excluding hydrogens is 230 g/mol. The average Bonchev–Trinajstić information content (AvgIpc) is 2.32. The van der Waals surface area contributed by atoms with Gasteiger partial charge >= 0.3 is 0 Å². The zero-order chi connectivity index (χ0) is 12.8. The quantitative estimate of drug-likeness (QED) is 0.799. The van der Waals surface area contributed by atoms with Gasteiger partial charge in [-0.15, -0.1) is 0 Å². The molecule has 2 amide bonds. The van der Waals surface area contributed by atoms with Crippen LogP contribution in [0.2, 0.25) is 0 Å². The van der Waals surface area contributed by atoms with Crippen molar-refractivity contribution in [2.24, 2.45) is 5.92 Å². The summed E-state index contributed by atoms with van der Waals surface area (Å²) in [6.45, 7) is 3.80. The number of piperidine rings is 2. The van der Waals surface area contributed by atoms with E-state index >= 15 is 0 Å². The highest BCUT2D eigenvalue weighted by Crippen LogP contribution is 2.45. The summed E-state index contributed by atoms with van der Waals surface area (Å²) in [4.78, 5) is 27.8. The van der Waals surface area contributed by atoms with Crippen LogP contribution >= 0.6 is 0 Å². The summed E-state index contributed by atoms with van der Waals surface area (Å²) in [5, 5.41) is 5.53. The molecule has 0 spiro atoms. The van der Waals surface area contributed by atoms with E-state index in [1.54, 1.807) is 18.3 Å². The van der Waals surface area contributed by atoms with Crippen LogP contribution in [0, 0.1) is 5.92 Å². The minimum Gasteiger partial charge on any atom is -0.338 e. The Morgan fingerprint density at radius 1 is 1.56 bits per heavy atom. The van der Waals surface area contributed by atoms with E-state index in [1.165, 1.54) is 6.20 Å². The van der Waals surface area contributed by atoms with Crippen molar-refractivity contribution in [1.82, 2.24) is 15.6 Å². The molecule has 1 aromatic heterocycles. The number of hydrogen-bond donors (Lipinski definition) is 2. The van der Waals surface area contributed by atoms with E-state index in [-0.39, 0.29) is 17.7 Å². The van der Waals surface area contributed by atoms with Crippen LogP contribution in [0.5, 0.6) is 0 Å². The maximum atomic E-state index is 12.0. The zero-order valence-corrected chi connectivity index (χ0v) is 9.77. The molecule has 0 radical (unpaired) electrons. The number of hydrogen-bond acceptors (Lipinski definition) is 3. The van der Waals surface area contributed by atoms with Gasteiger partial charge in [-0.3, -0.25) is 14.6 Å². The van der Waals surface area contributed by atoms with Crippen LogP contribution in [0.25, 0.3) is 0 Å². The van der Waals surface area contributed by atoms with Crippen LogP contribution in [0.3, 0.4) is 0 Å². The molecule has 0 atom stereocenters. The highest BCUT2D eigenvalue weighted by Gasteiger charge is 2.56. The second-order valence-electron chi connectivity index (χ2n) is 4.86. The summed E-state index contributed by atoms with van der Waals surface area (Å²) < 4.78 is 0. The molecule has 3 fully saturated rings. The Hall–Kier alpha value is -2.17. The van der Waals surface area contributed by atoms with Gasteiger partial charge in [-0.2, -0.15) is 0 Å². The summed E-state index contributed by atoms with van der Waals surface area (Å²) in [5.74, 6) is -0.131. The molecule has 0 aromatic carbocycles. The van der Waals surface area contributed by atoms with Gasteiger partial charge in [0, 0.05) is 24.0 Å². The average molecular weight is 243 g/mol. The Morgan fingerprint density at radius 3 is 2.94 bits per heavy atom. The predicted molar refractivity (Wildman–Crippen MR) is 64.4 cm³/mol. The van der Waals surface area contributed by atoms with E-state index in [1.807, 2.05) is 0 Å².